The fourth-order valence-corrected chi connectivity index (χ4v) is 5.94. The van der Waals surface area contributed by atoms with Crippen molar-refractivity contribution in [3.63, 3.8) is 0 Å². The van der Waals surface area contributed by atoms with Gasteiger partial charge >= 0.3 is 11.0 Å². The molecule has 3 aromatic rings. The Labute approximate surface area is 170 Å². The number of fused-ring (bicyclic) bond motifs is 3. The molecular formula is C20H16ClF2NO4S. The highest BCUT2D eigenvalue weighted by Crippen LogP contribution is 2.43. The molecule has 0 radical (unpaired) electrons. The second-order valence-electron chi connectivity index (χ2n) is 7.12. The molecule has 2 aromatic carbocycles. The number of H-pyrrole nitrogens is 1. The van der Waals surface area contributed by atoms with Gasteiger partial charge in [-0.05, 0) is 61.2 Å². The highest BCUT2D eigenvalue weighted by molar-refractivity contribution is 7.93. The standard InChI is InChI=1S/C20H16ClF2NO4S/c21-12-5-7-17-16(9-12)15-6-4-11(8-18(15)24-17)20(23,19(25)26)29(27,28)14-3-1-2-13(22)10-14/h1-3,5,7,9-11,24H,4,6,8H2,(H,25,26). The number of aliphatic carboxylic acids is 1. The molecule has 4 rings (SSSR count). The quantitative estimate of drug-likeness (QED) is 0.634. The van der Waals surface area contributed by atoms with Crippen molar-refractivity contribution in [3.05, 3.63) is 64.6 Å². The number of nitrogens with one attached hydrogen (secondary N) is 1. The molecule has 0 bridgehead atoms. The maximum Gasteiger partial charge on any atom is 0.358 e. The second kappa shape index (κ2) is 6.81. The van der Waals surface area contributed by atoms with Crippen molar-refractivity contribution in [2.45, 2.75) is 29.2 Å². The van der Waals surface area contributed by atoms with E-state index < -0.39 is 37.4 Å². The van der Waals surface area contributed by atoms with Crippen LogP contribution in [0.15, 0.2) is 47.4 Å². The number of carboxylic acid groups (broad SMARTS) is 1. The van der Waals surface area contributed by atoms with Crippen molar-refractivity contribution in [1.29, 1.82) is 0 Å². The minimum atomic E-state index is -5.00. The van der Waals surface area contributed by atoms with Gasteiger partial charge in [0.05, 0.1) is 4.90 Å². The molecular weight excluding hydrogens is 424 g/mol. The lowest BCUT2D eigenvalue weighted by atomic mass is 9.83. The van der Waals surface area contributed by atoms with E-state index >= 15 is 4.39 Å². The van der Waals surface area contributed by atoms with Gasteiger partial charge < -0.3 is 10.1 Å². The van der Waals surface area contributed by atoms with Gasteiger partial charge in [-0.1, -0.05) is 17.7 Å². The number of aryl methyl sites for hydroxylation is 1. The first kappa shape index (κ1) is 19.8. The van der Waals surface area contributed by atoms with Crippen LogP contribution in [-0.4, -0.2) is 29.5 Å². The molecule has 9 heteroatoms. The third-order valence-corrected chi connectivity index (χ3v) is 7.86. The van der Waals surface area contributed by atoms with Gasteiger partial charge in [0.15, 0.2) is 0 Å². The van der Waals surface area contributed by atoms with Gasteiger partial charge in [0.1, 0.15) is 5.82 Å². The number of hydrogen-bond acceptors (Lipinski definition) is 3. The number of benzene rings is 2. The highest BCUT2D eigenvalue weighted by atomic mass is 35.5. The maximum absolute atomic E-state index is 15.9. The lowest BCUT2D eigenvalue weighted by Crippen LogP contribution is -2.50. The summed E-state index contributed by atoms with van der Waals surface area (Å²) >= 11 is 6.04. The van der Waals surface area contributed by atoms with Crippen molar-refractivity contribution in [2.75, 3.05) is 0 Å². The molecule has 1 aromatic heterocycles. The molecule has 152 valence electrons. The summed E-state index contributed by atoms with van der Waals surface area (Å²) in [5, 5.41) is 7.38. The molecule has 29 heavy (non-hydrogen) atoms. The van der Waals surface area contributed by atoms with Gasteiger partial charge in [-0.2, -0.15) is 0 Å². The molecule has 2 atom stereocenters. The fourth-order valence-electron chi connectivity index (χ4n) is 4.03. The van der Waals surface area contributed by atoms with Gasteiger partial charge in [-0.15, -0.1) is 0 Å². The van der Waals surface area contributed by atoms with Crippen LogP contribution in [0.5, 0.6) is 0 Å². The molecule has 0 fully saturated rings. The predicted octanol–water partition coefficient (Wildman–Crippen LogP) is 4.29. The third-order valence-electron chi connectivity index (χ3n) is 5.46. The smallest absolute Gasteiger partial charge is 0.358 e. The lowest BCUT2D eigenvalue weighted by Gasteiger charge is -2.32. The van der Waals surface area contributed by atoms with Crippen LogP contribution in [0.1, 0.15) is 17.7 Å². The monoisotopic (exact) mass is 439 g/mol. The summed E-state index contributed by atoms with van der Waals surface area (Å²) in [5.41, 5.74) is 2.21. The molecule has 0 spiro atoms. The van der Waals surface area contributed by atoms with Crippen molar-refractivity contribution >= 4 is 38.3 Å². The summed E-state index contributed by atoms with van der Waals surface area (Å²) in [7, 11) is -5.00. The summed E-state index contributed by atoms with van der Waals surface area (Å²) < 4.78 is 55.2. The van der Waals surface area contributed by atoms with Crippen LogP contribution in [0.25, 0.3) is 10.9 Å². The predicted molar refractivity (Wildman–Crippen MR) is 104 cm³/mol. The second-order valence-corrected chi connectivity index (χ2v) is 9.63. The van der Waals surface area contributed by atoms with Crippen LogP contribution in [-0.2, 0) is 27.5 Å². The van der Waals surface area contributed by atoms with Gasteiger partial charge in [0, 0.05) is 27.5 Å². The van der Waals surface area contributed by atoms with E-state index in [4.69, 9.17) is 11.6 Å². The highest BCUT2D eigenvalue weighted by Gasteiger charge is 2.59. The molecule has 1 heterocycles. The Morgan fingerprint density at radius 2 is 2.00 bits per heavy atom. The van der Waals surface area contributed by atoms with E-state index in [-0.39, 0.29) is 19.3 Å². The number of aromatic nitrogens is 1. The zero-order valence-electron chi connectivity index (χ0n) is 15.0. The van der Waals surface area contributed by atoms with Crippen LogP contribution >= 0.6 is 11.6 Å². The van der Waals surface area contributed by atoms with E-state index in [0.717, 1.165) is 34.7 Å². The number of hydrogen-bond donors (Lipinski definition) is 2. The maximum atomic E-state index is 15.9. The Hall–Kier alpha value is -2.45. The first-order valence-electron chi connectivity index (χ1n) is 8.86. The third kappa shape index (κ3) is 3.02. The summed E-state index contributed by atoms with van der Waals surface area (Å²) in [5.74, 6) is -4.34. The number of sulfone groups is 1. The molecule has 0 saturated carbocycles. The van der Waals surface area contributed by atoms with Crippen molar-refractivity contribution in [3.8, 4) is 0 Å². The number of alkyl halides is 1. The van der Waals surface area contributed by atoms with Gasteiger partial charge in [0.25, 0.3) is 0 Å². The minimum absolute atomic E-state index is 0.00378. The summed E-state index contributed by atoms with van der Waals surface area (Å²) in [6.07, 6.45) is 0.181. The van der Waals surface area contributed by atoms with Gasteiger partial charge in [0.2, 0.25) is 9.84 Å². The van der Waals surface area contributed by atoms with Crippen molar-refractivity contribution in [2.24, 2.45) is 5.92 Å². The van der Waals surface area contributed by atoms with E-state index in [1.54, 1.807) is 18.2 Å². The number of carbonyl (C=O) groups is 1. The van der Waals surface area contributed by atoms with Crippen LogP contribution in [0.4, 0.5) is 8.78 Å². The number of rotatable bonds is 4. The van der Waals surface area contributed by atoms with Crippen LogP contribution < -0.4 is 0 Å². The number of carboxylic acids is 1. The Balaban J connectivity index is 1.79. The summed E-state index contributed by atoms with van der Waals surface area (Å²) in [6.45, 7) is 0. The SMILES string of the molecule is O=C(O)C(F)(C1CCc2c([nH]c3ccc(Cl)cc23)C1)S(=O)(=O)c1cccc(F)c1. The van der Waals surface area contributed by atoms with Crippen molar-refractivity contribution < 1.29 is 27.1 Å². The Morgan fingerprint density at radius 3 is 2.69 bits per heavy atom. The average molecular weight is 440 g/mol. The lowest BCUT2D eigenvalue weighted by molar-refractivity contribution is -0.148. The summed E-state index contributed by atoms with van der Waals surface area (Å²) in [4.78, 5) is 14.3. The van der Waals surface area contributed by atoms with Crippen LogP contribution in [0.3, 0.4) is 0 Å². The number of aromatic amines is 1. The Kier molecular flexibility index (Phi) is 4.66. The zero-order valence-corrected chi connectivity index (χ0v) is 16.5. The molecule has 0 amide bonds. The van der Waals surface area contributed by atoms with E-state index in [9.17, 15) is 22.7 Å². The largest absolute Gasteiger partial charge is 0.478 e. The van der Waals surface area contributed by atoms with E-state index in [0.29, 0.717) is 16.8 Å². The zero-order chi connectivity index (χ0) is 21.0. The minimum Gasteiger partial charge on any atom is -0.478 e. The van der Waals surface area contributed by atoms with Crippen LogP contribution in [0.2, 0.25) is 5.02 Å². The molecule has 2 N–H and O–H groups in total. The van der Waals surface area contributed by atoms with Gasteiger partial charge in [-0.3, -0.25) is 0 Å². The topological polar surface area (TPSA) is 87.2 Å². The molecule has 0 aliphatic heterocycles. The van der Waals surface area contributed by atoms with Gasteiger partial charge in [-0.25, -0.2) is 22.0 Å². The normalized spacial score (nSPS) is 18.9. The molecule has 1 aliphatic rings. The van der Waals surface area contributed by atoms with Crippen molar-refractivity contribution in [1.82, 2.24) is 4.98 Å². The van der Waals surface area contributed by atoms with E-state index in [2.05, 4.69) is 4.98 Å². The Morgan fingerprint density at radius 1 is 1.24 bits per heavy atom. The first-order valence-corrected chi connectivity index (χ1v) is 10.7. The molecule has 2 unspecified atom stereocenters. The summed E-state index contributed by atoms with van der Waals surface area (Å²) in [6, 6.07) is 8.94. The molecule has 1 aliphatic carbocycles. The fraction of sp³-hybridized carbons (Fsp3) is 0.250. The Bertz CT molecular complexity index is 1240. The molecule has 0 saturated heterocycles. The number of halogens is 3. The van der Waals surface area contributed by atoms with Crippen LogP contribution in [0, 0.1) is 11.7 Å². The average Bonchev–Trinajstić information content (AvgIpc) is 3.04. The molecule has 5 nitrogen and oxygen atoms in total. The van der Waals surface area contributed by atoms with E-state index in [1.165, 1.54) is 0 Å². The first-order chi connectivity index (χ1) is 13.6. The van der Waals surface area contributed by atoms with E-state index in [1.807, 2.05) is 0 Å².